The van der Waals surface area contributed by atoms with E-state index >= 15 is 0 Å². The number of hydrogen-bond acceptors (Lipinski definition) is 4. The fourth-order valence-corrected chi connectivity index (χ4v) is 3.69. The predicted octanol–water partition coefficient (Wildman–Crippen LogP) is 3.68. The minimum Gasteiger partial charge on any atom is -0.295 e. The number of para-hydroxylation sites is 1. The third-order valence-corrected chi connectivity index (χ3v) is 4.84. The van der Waals surface area contributed by atoms with Crippen LogP contribution in [0.4, 0.5) is 11.4 Å². The molecule has 1 amide bonds. The van der Waals surface area contributed by atoms with Crippen LogP contribution in [0.15, 0.2) is 48.5 Å². The number of benzene rings is 2. The van der Waals surface area contributed by atoms with E-state index in [9.17, 15) is 14.9 Å². The summed E-state index contributed by atoms with van der Waals surface area (Å²) in [5, 5.41) is 10.6. The number of hydrogen-bond donors (Lipinski definition) is 0. The molecule has 1 heterocycles. The molecule has 1 aliphatic rings. The molecule has 5 nitrogen and oxygen atoms in total. The van der Waals surface area contributed by atoms with Crippen molar-refractivity contribution < 1.29 is 9.72 Å². The van der Waals surface area contributed by atoms with Crippen LogP contribution < -0.4 is 4.90 Å². The van der Waals surface area contributed by atoms with E-state index in [0.717, 1.165) is 16.8 Å². The van der Waals surface area contributed by atoms with Gasteiger partial charge in [0.2, 0.25) is 5.91 Å². The van der Waals surface area contributed by atoms with Crippen LogP contribution in [0, 0.1) is 17.0 Å². The monoisotopic (exact) mass is 314 g/mol. The van der Waals surface area contributed by atoms with Crippen molar-refractivity contribution in [2.45, 2.75) is 12.3 Å². The summed E-state index contributed by atoms with van der Waals surface area (Å²) in [6.45, 7) is 1.97. The molecular weight excluding hydrogens is 300 g/mol. The molecule has 112 valence electrons. The number of nitrogens with zero attached hydrogens (tertiary/aromatic N) is 2. The number of rotatable bonds is 3. The van der Waals surface area contributed by atoms with E-state index in [1.807, 2.05) is 31.2 Å². The third kappa shape index (κ3) is 2.57. The van der Waals surface area contributed by atoms with Gasteiger partial charge in [-0.25, -0.2) is 0 Å². The molecule has 0 N–H and O–H groups in total. The molecule has 2 aromatic rings. The van der Waals surface area contributed by atoms with Crippen LogP contribution in [-0.4, -0.2) is 16.6 Å². The maximum atomic E-state index is 12.3. The minimum atomic E-state index is -0.421. The lowest BCUT2D eigenvalue weighted by molar-refractivity contribution is -0.384. The summed E-state index contributed by atoms with van der Waals surface area (Å²) in [4.78, 5) is 24.4. The maximum Gasteiger partial charge on any atom is 0.269 e. The van der Waals surface area contributed by atoms with Crippen LogP contribution in [-0.2, 0) is 4.79 Å². The molecule has 2 aromatic carbocycles. The average molecular weight is 314 g/mol. The highest BCUT2D eigenvalue weighted by atomic mass is 32.2. The molecule has 1 atom stereocenters. The number of non-ortho nitro benzene ring substituents is 1. The summed E-state index contributed by atoms with van der Waals surface area (Å²) in [5.74, 6) is 0.471. The first kappa shape index (κ1) is 14.6. The molecule has 3 rings (SSSR count). The Kier molecular flexibility index (Phi) is 3.85. The van der Waals surface area contributed by atoms with Crippen LogP contribution in [0.5, 0.6) is 0 Å². The van der Waals surface area contributed by atoms with E-state index in [-0.39, 0.29) is 17.0 Å². The SMILES string of the molecule is Cc1ccccc1N1C(=O)CSC1c1ccc([N+](=O)[O-])cc1. The highest BCUT2D eigenvalue weighted by molar-refractivity contribution is 8.00. The number of nitro benzene ring substituents is 1. The van der Waals surface area contributed by atoms with Gasteiger partial charge in [0.15, 0.2) is 0 Å². The quantitative estimate of drug-likeness (QED) is 0.640. The molecule has 6 heteroatoms. The summed E-state index contributed by atoms with van der Waals surface area (Å²) >= 11 is 1.54. The molecule has 0 radical (unpaired) electrons. The number of carbonyl (C=O) groups excluding carboxylic acids is 1. The van der Waals surface area contributed by atoms with Gasteiger partial charge in [-0.05, 0) is 36.2 Å². The first-order valence-corrected chi connectivity index (χ1v) is 7.86. The van der Waals surface area contributed by atoms with E-state index in [1.165, 1.54) is 23.9 Å². The fraction of sp³-hybridized carbons (Fsp3) is 0.188. The average Bonchev–Trinajstić information content (AvgIpc) is 2.89. The van der Waals surface area contributed by atoms with Crippen molar-refractivity contribution in [2.75, 3.05) is 10.7 Å². The summed E-state index contributed by atoms with van der Waals surface area (Å²) in [5.41, 5.74) is 2.87. The van der Waals surface area contributed by atoms with Gasteiger partial charge in [0.1, 0.15) is 5.37 Å². The molecule has 0 aromatic heterocycles. The van der Waals surface area contributed by atoms with Gasteiger partial charge in [0, 0.05) is 17.8 Å². The Hall–Kier alpha value is -2.34. The predicted molar refractivity (Wildman–Crippen MR) is 87.0 cm³/mol. The largest absolute Gasteiger partial charge is 0.295 e. The lowest BCUT2D eigenvalue weighted by atomic mass is 10.1. The van der Waals surface area contributed by atoms with Gasteiger partial charge < -0.3 is 0 Å². The molecule has 22 heavy (non-hydrogen) atoms. The van der Waals surface area contributed by atoms with Crippen molar-refractivity contribution in [3.63, 3.8) is 0 Å². The molecule has 1 saturated heterocycles. The number of anilines is 1. The normalized spacial score (nSPS) is 17.8. The van der Waals surface area contributed by atoms with Crippen LogP contribution in [0.25, 0.3) is 0 Å². The van der Waals surface area contributed by atoms with Crippen molar-refractivity contribution >= 4 is 29.0 Å². The van der Waals surface area contributed by atoms with E-state index < -0.39 is 4.92 Å². The fourth-order valence-electron chi connectivity index (χ4n) is 2.53. The van der Waals surface area contributed by atoms with Gasteiger partial charge in [-0.3, -0.25) is 19.8 Å². The molecule has 0 aliphatic carbocycles. The van der Waals surface area contributed by atoms with Gasteiger partial charge in [0.05, 0.1) is 10.7 Å². The van der Waals surface area contributed by atoms with Crippen LogP contribution in [0.1, 0.15) is 16.5 Å². The number of amides is 1. The number of carbonyl (C=O) groups is 1. The maximum absolute atomic E-state index is 12.3. The Morgan fingerprint density at radius 3 is 2.50 bits per heavy atom. The van der Waals surface area contributed by atoms with Crippen molar-refractivity contribution in [3.05, 3.63) is 69.8 Å². The van der Waals surface area contributed by atoms with Crippen LogP contribution in [0.3, 0.4) is 0 Å². The van der Waals surface area contributed by atoms with Gasteiger partial charge in [-0.2, -0.15) is 0 Å². The van der Waals surface area contributed by atoms with Crippen molar-refractivity contribution in [3.8, 4) is 0 Å². The highest BCUT2D eigenvalue weighted by Gasteiger charge is 2.34. The standard InChI is InChI=1S/C16H14N2O3S/c1-11-4-2-3-5-14(11)17-15(19)10-22-16(17)12-6-8-13(9-7-12)18(20)21/h2-9,16H,10H2,1H3. The molecule has 0 spiro atoms. The molecule has 1 fully saturated rings. The minimum absolute atomic E-state index is 0.0560. The second-order valence-corrected chi connectivity index (χ2v) is 6.13. The Labute approximate surface area is 132 Å². The lowest BCUT2D eigenvalue weighted by Crippen LogP contribution is -2.28. The van der Waals surface area contributed by atoms with E-state index in [4.69, 9.17) is 0 Å². The zero-order chi connectivity index (χ0) is 15.7. The summed E-state index contributed by atoms with van der Waals surface area (Å²) in [6.07, 6.45) is 0. The zero-order valence-electron chi connectivity index (χ0n) is 11.9. The molecule has 1 unspecified atom stereocenters. The topological polar surface area (TPSA) is 63.5 Å². The van der Waals surface area contributed by atoms with E-state index in [0.29, 0.717) is 5.75 Å². The summed E-state index contributed by atoms with van der Waals surface area (Å²) < 4.78 is 0. The summed E-state index contributed by atoms with van der Waals surface area (Å²) in [6, 6.07) is 14.2. The van der Waals surface area contributed by atoms with Crippen molar-refractivity contribution in [1.29, 1.82) is 0 Å². The summed E-state index contributed by atoms with van der Waals surface area (Å²) in [7, 11) is 0. The molecule has 0 bridgehead atoms. The van der Waals surface area contributed by atoms with Crippen LogP contribution in [0.2, 0.25) is 0 Å². The Morgan fingerprint density at radius 1 is 1.18 bits per heavy atom. The van der Waals surface area contributed by atoms with Gasteiger partial charge >= 0.3 is 0 Å². The Balaban J connectivity index is 1.97. The number of nitro groups is 1. The highest BCUT2D eigenvalue weighted by Crippen LogP contribution is 2.42. The second-order valence-electron chi connectivity index (χ2n) is 5.06. The van der Waals surface area contributed by atoms with Gasteiger partial charge in [0.25, 0.3) is 5.69 Å². The second kappa shape index (κ2) is 5.81. The zero-order valence-corrected chi connectivity index (χ0v) is 12.7. The molecule has 1 aliphatic heterocycles. The number of thioether (sulfide) groups is 1. The Bertz CT molecular complexity index is 730. The first-order valence-electron chi connectivity index (χ1n) is 6.81. The van der Waals surface area contributed by atoms with Crippen molar-refractivity contribution in [2.24, 2.45) is 0 Å². The van der Waals surface area contributed by atoms with Gasteiger partial charge in [-0.1, -0.05) is 18.2 Å². The molecule has 0 saturated carbocycles. The first-order chi connectivity index (χ1) is 10.6. The third-order valence-electron chi connectivity index (χ3n) is 3.63. The van der Waals surface area contributed by atoms with E-state index in [2.05, 4.69) is 0 Å². The number of aryl methyl sites for hydroxylation is 1. The molecular formula is C16H14N2O3S. The Morgan fingerprint density at radius 2 is 1.86 bits per heavy atom. The van der Waals surface area contributed by atoms with Crippen molar-refractivity contribution in [1.82, 2.24) is 0 Å². The van der Waals surface area contributed by atoms with Crippen LogP contribution >= 0.6 is 11.8 Å². The smallest absolute Gasteiger partial charge is 0.269 e. The van der Waals surface area contributed by atoms with E-state index in [1.54, 1.807) is 17.0 Å². The lowest BCUT2D eigenvalue weighted by Gasteiger charge is -2.25. The van der Waals surface area contributed by atoms with Gasteiger partial charge in [-0.15, -0.1) is 11.8 Å².